The molecule has 1 aromatic carbocycles. The van der Waals surface area contributed by atoms with Gasteiger partial charge in [0.05, 0.1) is 6.26 Å². The lowest BCUT2D eigenvalue weighted by atomic mass is 10.1. The normalized spacial score (nSPS) is 18.2. The minimum Gasteiger partial charge on any atom is -0.338 e. The molecule has 1 aromatic rings. The van der Waals surface area contributed by atoms with E-state index in [1.807, 2.05) is 18.2 Å². The Morgan fingerprint density at radius 3 is 2.22 bits per heavy atom. The minimum absolute atomic E-state index is 0.153. The number of benzene rings is 1. The van der Waals surface area contributed by atoms with Crippen LogP contribution in [0.3, 0.4) is 0 Å². The molecule has 0 aromatic heterocycles. The molecule has 23 heavy (non-hydrogen) atoms. The van der Waals surface area contributed by atoms with Gasteiger partial charge < -0.3 is 9.80 Å². The topological polar surface area (TPSA) is 60.9 Å². The van der Waals surface area contributed by atoms with Crippen LogP contribution in [0.5, 0.6) is 0 Å². The van der Waals surface area contributed by atoms with Gasteiger partial charge in [-0.3, -0.25) is 4.79 Å². The Hall–Kier alpha value is -1.44. The molecule has 0 bridgehead atoms. The van der Waals surface area contributed by atoms with Crippen LogP contribution in [0.25, 0.3) is 0 Å². The van der Waals surface area contributed by atoms with Gasteiger partial charge >= 0.3 is 0 Å². The van der Waals surface area contributed by atoms with Gasteiger partial charge in [0.25, 0.3) is 0 Å². The van der Waals surface area contributed by atoms with Gasteiger partial charge in [-0.15, -0.1) is 0 Å². The van der Waals surface area contributed by atoms with E-state index in [2.05, 4.69) is 11.8 Å². The van der Waals surface area contributed by atoms with Gasteiger partial charge in [-0.1, -0.05) is 37.3 Å². The zero-order valence-electron chi connectivity index (χ0n) is 14.0. The first-order valence-electron chi connectivity index (χ1n) is 7.83. The third-order valence-corrected chi connectivity index (χ3v) is 5.62. The molecule has 0 saturated carbocycles. The monoisotopic (exact) mass is 339 g/mol. The molecule has 2 rings (SSSR count). The number of amides is 1. The molecule has 1 fully saturated rings. The molecule has 7 heteroatoms. The summed E-state index contributed by atoms with van der Waals surface area (Å²) in [6.45, 7) is 5.98. The maximum atomic E-state index is 13.0. The fraction of sp³-hybridized carbons (Fsp3) is 0.562. The summed E-state index contributed by atoms with van der Waals surface area (Å²) in [6.07, 6.45) is 1.13. The van der Waals surface area contributed by atoms with E-state index in [0.29, 0.717) is 18.7 Å². The van der Waals surface area contributed by atoms with Crippen molar-refractivity contribution in [3.63, 3.8) is 0 Å². The van der Waals surface area contributed by atoms with Gasteiger partial charge in [-0.25, -0.2) is 8.42 Å². The lowest BCUT2D eigenvalue weighted by Crippen LogP contribution is -2.52. The zero-order chi connectivity index (χ0) is 17.0. The van der Waals surface area contributed by atoms with E-state index < -0.39 is 16.1 Å². The maximum absolute atomic E-state index is 13.0. The van der Waals surface area contributed by atoms with Crippen LogP contribution in [0.2, 0.25) is 0 Å². The van der Waals surface area contributed by atoms with E-state index in [1.165, 1.54) is 7.05 Å². The Kier molecular flexibility index (Phi) is 5.78. The van der Waals surface area contributed by atoms with Gasteiger partial charge in [0.15, 0.2) is 0 Å². The summed E-state index contributed by atoms with van der Waals surface area (Å²) < 4.78 is 25.1. The Labute approximate surface area is 138 Å². The summed E-state index contributed by atoms with van der Waals surface area (Å²) in [5.41, 5.74) is 0.698. The summed E-state index contributed by atoms with van der Waals surface area (Å²) in [5, 5.41) is 0. The van der Waals surface area contributed by atoms with Crippen molar-refractivity contribution in [3.05, 3.63) is 35.9 Å². The van der Waals surface area contributed by atoms with Crippen LogP contribution in [-0.4, -0.2) is 74.5 Å². The molecule has 1 aliphatic heterocycles. The van der Waals surface area contributed by atoms with Gasteiger partial charge in [0, 0.05) is 33.2 Å². The standard InChI is InChI=1S/C16H25N3O3S/c1-4-18-10-12-19(13-11-18)16(20)15(17(2)23(3,21)22)14-8-6-5-7-9-14/h5-9,15H,4,10-13H2,1-3H3. The second-order valence-corrected chi connectivity index (χ2v) is 7.89. The first kappa shape index (κ1) is 17.9. The van der Waals surface area contributed by atoms with Crippen LogP contribution >= 0.6 is 0 Å². The molecule has 6 nitrogen and oxygen atoms in total. The van der Waals surface area contributed by atoms with Gasteiger partial charge in [-0.2, -0.15) is 4.31 Å². The van der Waals surface area contributed by atoms with E-state index >= 15 is 0 Å². The molecule has 1 saturated heterocycles. The fourth-order valence-corrected chi connectivity index (χ4v) is 3.39. The Morgan fingerprint density at radius 2 is 1.74 bits per heavy atom. The highest BCUT2D eigenvalue weighted by molar-refractivity contribution is 7.88. The van der Waals surface area contributed by atoms with Crippen molar-refractivity contribution in [1.82, 2.24) is 14.1 Å². The summed E-state index contributed by atoms with van der Waals surface area (Å²) in [6, 6.07) is 8.28. The minimum atomic E-state index is -3.47. The molecule has 0 radical (unpaired) electrons. The van der Waals surface area contributed by atoms with E-state index in [-0.39, 0.29) is 5.91 Å². The number of nitrogens with zero attached hydrogens (tertiary/aromatic N) is 3. The third kappa shape index (κ3) is 4.31. The second kappa shape index (κ2) is 7.42. The van der Waals surface area contributed by atoms with Crippen LogP contribution in [0.15, 0.2) is 30.3 Å². The molecule has 128 valence electrons. The Balaban J connectivity index is 2.26. The van der Waals surface area contributed by atoms with Crippen molar-refractivity contribution in [2.24, 2.45) is 0 Å². The van der Waals surface area contributed by atoms with Crippen molar-refractivity contribution in [2.75, 3.05) is 46.0 Å². The van der Waals surface area contributed by atoms with Crippen molar-refractivity contribution < 1.29 is 13.2 Å². The van der Waals surface area contributed by atoms with Crippen molar-refractivity contribution >= 4 is 15.9 Å². The fourth-order valence-electron chi connectivity index (χ4n) is 2.79. The molecular weight excluding hydrogens is 314 g/mol. The maximum Gasteiger partial charge on any atom is 0.245 e. The number of carbonyl (C=O) groups excluding carboxylic acids is 1. The number of rotatable bonds is 5. The third-order valence-electron chi connectivity index (χ3n) is 4.37. The van der Waals surface area contributed by atoms with E-state index in [0.717, 1.165) is 30.2 Å². The van der Waals surface area contributed by atoms with E-state index in [9.17, 15) is 13.2 Å². The number of hydrogen-bond acceptors (Lipinski definition) is 4. The smallest absolute Gasteiger partial charge is 0.245 e. The molecule has 1 amide bonds. The average Bonchev–Trinajstić information content (AvgIpc) is 2.55. The van der Waals surface area contributed by atoms with Crippen LogP contribution in [0, 0.1) is 0 Å². The number of piperazine rings is 1. The average molecular weight is 339 g/mol. The molecule has 1 atom stereocenters. The van der Waals surface area contributed by atoms with Crippen LogP contribution in [0.4, 0.5) is 0 Å². The van der Waals surface area contributed by atoms with Crippen molar-refractivity contribution in [3.8, 4) is 0 Å². The number of hydrogen-bond donors (Lipinski definition) is 0. The molecular formula is C16H25N3O3S. The molecule has 0 N–H and O–H groups in total. The summed E-state index contributed by atoms with van der Waals surface area (Å²) in [7, 11) is -2.01. The SMILES string of the molecule is CCN1CCN(C(=O)C(c2ccccc2)N(C)S(C)(=O)=O)CC1. The highest BCUT2D eigenvalue weighted by Crippen LogP contribution is 2.24. The Bertz CT molecular complexity index is 625. The molecule has 1 unspecified atom stereocenters. The molecule has 0 spiro atoms. The number of carbonyl (C=O) groups is 1. The predicted molar refractivity (Wildman–Crippen MR) is 90.5 cm³/mol. The van der Waals surface area contributed by atoms with Crippen molar-refractivity contribution in [1.29, 1.82) is 0 Å². The summed E-state index contributed by atoms with van der Waals surface area (Å²) in [4.78, 5) is 17.0. The molecule has 0 aliphatic carbocycles. The van der Waals surface area contributed by atoms with Crippen LogP contribution in [0.1, 0.15) is 18.5 Å². The molecule has 1 aliphatic rings. The zero-order valence-corrected chi connectivity index (χ0v) is 14.8. The predicted octanol–water partition coefficient (Wildman–Crippen LogP) is 0.783. The summed E-state index contributed by atoms with van der Waals surface area (Å²) in [5.74, 6) is -0.153. The highest BCUT2D eigenvalue weighted by Gasteiger charge is 2.34. The lowest BCUT2D eigenvalue weighted by Gasteiger charge is -2.37. The first-order valence-corrected chi connectivity index (χ1v) is 9.68. The second-order valence-electron chi connectivity index (χ2n) is 5.85. The van der Waals surface area contributed by atoms with E-state index in [4.69, 9.17) is 0 Å². The number of likely N-dealkylation sites (N-methyl/N-ethyl adjacent to an activating group) is 2. The Morgan fingerprint density at radius 1 is 1.17 bits per heavy atom. The largest absolute Gasteiger partial charge is 0.338 e. The quantitative estimate of drug-likeness (QED) is 0.795. The first-order chi connectivity index (χ1) is 10.8. The van der Waals surface area contributed by atoms with Gasteiger partial charge in [0.2, 0.25) is 15.9 Å². The van der Waals surface area contributed by atoms with Crippen molar-refractivity contribution in [2.45, 2.75) is 13.0 Å². The van der Waals surface area contributed by atoms with E-state index in [1.54, 1.807) is 17.0 Å². The van der Waals surface area contributed by atoms with Gasteiger partial charge in [0.1, 0.15) is 6.04 Å². The lowest BCUT2D eigenvalue weighted by molar-refractivity contribution is -0.137. The molecule has 1 heterocycles. The number of sulfonamides is 1. The highest BCUT2D eigenvalue weighted by atomic mass is 32.2. The van der Waals surface area contributed by atoms with Crippen LogP contribution < -0.4 is 0 Å². The summed E-state index contributed by atoms with van der Waals surface area (Å²) >= 11 is 0. The van der Waals surface area contributed by atoms with Crippen LogP contribution in [-0.2, 0) is 14.8 Å². The van der Waals surface area contributed by atoms with Gasteiger partial charge in [-0.05, 0) is 12.1 Å².